The molecule has 2 aliphatic rings. The van der Waals surface area contributed by atoms with Crippen LogP contribution < -0.4 is 5.32 Å². The zero-order chi connectivity index (χ0) is 14.2. The number of rotatable bonds is 2. The first-order valence-electron chi connectivity index (χ1n) is 6.35. The maximum Gasteiger partial charge on any atom is 0.325 e. The number of nitrogens with one attached hydrogen (secondary N) is 1. The lowest BCUT2D eigenvalue weighted by Gasteiger charge is -2.19. The minimum atomic E-state index is -0.686. The van der Waals surface area contributed by atoms with Crippen LogP contribution in [0.25, 0.3) is 0 Å². The van der Waals surface area contributed by atoms with Crippen LogP contribution in [0.3, 0.4) is 0 Å². The summed E-state index contributed by atoms with van der Waals surface area (Å²) in [4.78, 5) is 25.7. The van der Waals surface area contributed by atoms with Gasteiger partial charge in [0.15, 0.2) is 0 Å². The fourth-order valence-electron chi connectivity index (χ4n) is 2.52. The summed E-state index contributed by atoms with van der Waals surface area (Å²) in [5, 5.41) is 11.6. The Morgan fingerprint density at radius 3 is 2.70 bits per heavy atom. The smallest absolute Gasteiger partial charge is 0.322 e. The number of carbonyl (C=O) groups is 2. The number of benzene rings is 1. The van der Waals surface area contributed by atoms with Crippen LogP contribution in [0.15, 0.2) is 24.3 Å². The number of urea groups is 1. The van der Waals surface area contributed by atoms with Crippen molar-refractivity contribution in [1.82, 2.24) is 10.2 Å². The second-order valence-corrected chi connectivity index (χ2v) is 6.12. The van der Waals surface area contributed by atoms with Gasteiger partial charge in [-0.2, -0.15) is 17.0 Å². The Morgan fingerprint density at radius 1 is 1.35 bits per heavy atom. The third kappa shape index (κ3) is 2.04. The molecule has 2 fully saturated rings. The normalized spacial score (nSPS) is 25.1. The number of hydrogen-bond donors (Lipinski definition) is 1. The predicted molar refractivity (Wildman–Crippen MR) is 74.9 cm³/mol. The first-order chi connectivity index (χ1) is 9.64. The van der Waals surface area contributed by atoms with E-state index in [4.69, 9.17) is 5.26 Å². The van der Waals surface area contributed by atoms with E-state index in [0.717, 1.165) is 11.3 Å². The summed E-state index contributed by atoms with van der Waals surface area (Å²) in [5.41, 5.74) is 0.721. The second kappa shape index (κ2) is 4.84. The van der Waals surface area contributed by atoms with E-state index in [9.17, 15) is 9.59 Å². The molecule has 2 aliphatic heterocycles. The number of thioether (sulfide) groups is 1. The number of amides is 3. The molecule has 3 rings (SSSR count). The summed E-state index contributed by atoms with van der Waals surface area (Å²) < 4.78 is 0. The number of imide groups is 1. The molecule has 0 radical (unpaired) electrons. The van der Waals surface area contributed by atoms with Gasteiger partial charge in [0, 0.05) is 5.75 Å². The minimum Gasteiger partial charge on any atom is -0.322 e. The molecular formula is C14H13N3O2S. The molecule has 5 nitrogen and oxygen atoms in total. The highest BCUT2D eigenvalue weighted by Gasteiger charge is 2.52. The summed E-state index contributed by atoms with van der Waals surface area (Å²) in [6.07, 6.45) is 0.701. The van der Waals surface area contributed by atoms with Gasteiger partial charge in [0.1, 0.15) is 5.54 Å². The van der Waals surface area contributed by atoms with E-state index in [1.807, 2.05) is 6.07 Å². The van der Waals surface area contributed by atoms with Crippen molar-refractivity contribution in [3.8, 4) is 6.07 Å². The number of hydrogen-bond acceptors (Lipinski definition) is 4. The maximum absolute atomic E-state index is 12.4. The molecule has 1 atom stereocenters. The van der Waals surface area contributed by atoms with Gasteiger partial charge >= 0.3 is 6.03 Å². The summed E-state index contributed by atoms with van der Waals surface area (Å²) in [6.45, 7) is 0.253. The van der Waals surface area contributed by atoms with Crippen LogP contribution >= 0.6 is 11.8 Å². The Morgan fingerprint density at radius 2 is 2.10 bits per heavy atom. The van der Waals surface area contributed by atoms with Crippen molar-refractivity contribution >= 4 is 23.7 Å². The average Bonchev–Trinajstić information content (AvgIpc) is 3.01. The molecule has 1 unspecified atom stereocenters. The number of carbonyl (C=O) groups excluding carboxylic acids is 2. The van der Waals surface area contributed by atoms with Gasteiger partial charge in [0.05, 0.1) is 18.2 Å². The van der Waals surface area contributed by atoms with Gasteiger partial charge in [-0.1, -0.05) is 12.1 Å². The van der Waals surface area contributed by atoms with Gasteiger partial charge in [-0.15, -0.1) is 0 Å². The topological polar surface area (TPSA) is 73.2 Å². The molecular weight excluding hydrogens is 274 g/mol. The molecule has 1 N–H and O–H groups in total. The quantitative estimate of drug-likeness (QED) is 0.836. The largest absolute Gasteiger partial charge is 0.325 e. The lowest BCUT2D eigenvalue weighted by molar-refractivity contribution is -0.130. The third-order valence-electron chi connectivity index (χ3n) is 3.69. The van der Waals surface area contributed by atoms with E-state index in [2.05, 4.69) is 5.32 Å². The first kappa shape index (κ1) is 13.0. The molecule has 0 aromatic heterocycles. The molecule has 0 aliphatic carbocycles. The molecule has 2 saturated heterocycles. The van der Waals surface area contributed by atoms with E-state index in [1.54, 1.807) is 36.0 Å². The standard InChI is InChI=1S/C14H13N3O2S/c15-7-10-1-3-11(4-2-10)8-17-12(18)14(16-13(17)19)5-6-20-9-14/h1-4H,5-6,8-9H2,(H,16,19). The SMILES string of the molecule is N#Cc1ccc(CN2C(=O)NC3(CCSC3)C2=O)cc1. The Kier molecular flexibility index (Phi) is 3.14. The zero-order valence-corrected chi connectivity index (χ0v) is 11.6. The second-order valence-electron chi connectivity index (χ2n) is 5.01. The average molecular weight is 287 g/mol. The Hall–Kier alpha value is -2.00. The van der Waals surface area contributed by atoms with Gasteiger partial charge in [-0.25, -0.2) is 4.79 Å². The van der Waals surface area contributed by atoms with Crippen molar-refractivity contribution in [2.24, 2.45) is 0 Å². The van der Waals surface area contributed by atoms with E-state index in [1.165, 1.54) is 4.90 Å². The van der Waals surface area contributed by atoms with E-state index >= 15 is 0 Å². The Bertz CT molecular complexity index is 600. The van der Waals surface area contributed by atoms with Crippen molar-refractivity contribution in [3.05, 3.63) is 35.4 Å². The summed E-state index contributed by atoms with van der Waals surface area (Å²) in [6, 6.07) is 8.65. The van der Waals surface area contributed by atoms with Crippen molar-refractivity contribution in [3.63, 3.8) is 0 Å². The summed E-state index contributed by atoms with van der Waals surface area (Å²) in [7, 11) is 0. The van der Waals surface area contributed by atoms with Gasteiger partial charge in [-0.05, 0) is 29.9 Å². The molecule has 2 heterocycles. The molecule has 3 amide bonds. The van der Waals surface area contributed by atoms with Crippen molar-refractivity contribution in [2.75, 3.05) is 11.5 Å². The monoisotopic (exact) mass is 287 g/mol. The zero-order valence-electron chi connectivity index (χ0n) is 10.8. The summed E-state index contributed by atoms with van der Waals surface area (Å²) >= 11 is 1.69. The van der Waals surface area contributed by atoms with Crippen LogP contribution in [0.2, 0.25) is 0 Å². The highest BCUT2D eigenvalue weighted by molar-refractivity contribution is 7.99. The Balaban J connectivity index is 1.78. The van der Waals surface area contributed by atoms with Crippen molar-refractivity contribution in [1.29, 1.82) is 5.26 Å². The number of nitrogens with zero attached hydrogens (tertiary/aromatic N) is 2. The van der Waals surface area contributed by atoms with E-state index < -0.39 is 5.54 Å². The lowest BCUT2D eigenvalue weighted by Crippen LogP contribution is -2.46. The van der Waals surface area contributed by atoms with Crippen LogP contribution in [0.5, 0.6) is 0 Å². The molecule has 0 bridgehead atoms. The van der Waals surface area contributed by atoms with E-state index in [0.29, 0.717) is 17.7 Å². The molecule has 1 aromatic rings. The van der Waals surface area contributed by atoms with Crippen LogP contribution in [-0.4, -0.2) is 33.9 Å². The predicted octanol–water partition coefficient (Wildman–Crippen LogP) is 1.49. The van der Waals surface area contributed by atoms with Gasteiger partial charge in [0.2, 0.25) is 0 Å². The number of nitriles is 1. The lowest BCUT2D eigenvalue weighted by atomic mass is 9.99. The maximum atomic E-state index is 12.4. The molecule has 1 aromatic carbocycles. The van der Waals surface area contributed by atoms with Crippen LogP contribution in [0.4, 0.5) is 4.79 Å². The van der Waals surface area contributed by atoms with Crippen molar-refractivity contribution < 1.29 is 9.59 Å². The van der Waals surface area contributed by atoms with Gasteiger partial charge in [-0.3, -0.25) is 9.69 Å². The molecule has 102 valence electrons. The fourth-order valence-corrected chi connectivity index (χ4v) is 3.84. The van der Waals surface area contributed by atoms with Crippen LogP contribution in [0, 0.1) is 11.3 Å². The van der Waals surface area contributed by atoms with Gasteiger partial charge < -0.3 is 5.32 Å². The van der Waals surface area contributed by atoms with Crippen LogP contribution in [-0.2, 0) is 11.3 Å². The van der Waals surface area contributed by atoms with Gasteiger partial charge in [0.25, 0.3) is 5.91 Å². The van der Waals surface area contributed by atoms with Crippen molar-refractivity contribution in [2.45, 2.75) is 18.5 Å². The highest BCUT2D eigenvalue weighted by atomic mass is 32.2. The van der Waals surface area contributed by atoms with Crippen LogP contribution in [0.1, 0.15) is 17.5 Å². The minimum absolute atomic E-state index is 0.128. The van der Waals surface area contributed by atoms with E-state index in [-0.39, 0.29) is 18.5 Å². The summed E-state index contributed by atoms with van der Waals surface area (Å²) in [5.74, 6) is 1.43. The first-order valence-corrected chi connectivity index (χ1v) is 7.51. The fraction of sp³-hybridized carbons (Fsp3) is 0.357. The molecule has 20 heavy (non-hydrogen) atoms. The third-order valence-corrected chi connectivity index (χ3v) is 4.88. The highest BCUT2D eigenvalue weighted by Crippen LogP contribution is 2.33. The Labute approximate surface area is 120 Å². The molecule has 0 saturated carbocycles. The molecule has 1 spiro atoms. The molecule has 6 heteroatoms.